The predicted octanol–water partition coefficient (Wildman–Crippen LogP) is 5.01. The lowest BCUT2D eigenvalue weighted by Gasteiger charge is -2.49. The predicted molar refractivity (Wildman–Crippen MR) is 188 cm³/mol. The number of nitro groups is 1. The van der Waals surface area contributed by atoms with Crippen molar-refractivity contribution in [2.75, 3.05) is 13.1 Å². The third kappa shape index (κ3) is 11.5. The van der Waals surface area contributed by atoms with E-state index in [1.165, 1.54) is 34.2 Å². The average molecular weight is 742 g/mol. The van der Waals surface area contributed by atoms with Crippen LogP contribution in [0.25, 0.3) is 0 Å². The SMILES string of the molecule is CC(C)(C)OC(=O)NCCCCCN(OCc1ccccc1)C(=O)CCC(=O)N[C@@H]1C(=O)N2C(C(=O)OCc3ccc([N+](=O)[O-])cc3)=C(Cl)CC[C@H]12. The molecule has 15 nitrogen and oxygen atoms in total. The minimum absolute atomic E-state index is 0.0997. The number of allylic oxidation sites excluding steroid dienone is 1. The van der Waals surface area contributed by atoms with Gasteiger partial charge in [-0.25, -0.2) is 14.7 Å². The van der Waals surface area contributed by atoms with E-state index in [0.717, 1.165) is 5.56 Å². The number of fused-ring (bicyclic) bond motifs is 1. The van der Waals surface area contributed by atoms with Crippen molar-refractivity contribution in [3.8, 4) is 0 Å². The van der Waals surface area contributed by atoms with E-state index in [1.807, 2.05) is 30.3 Å². The highest BCUT2D eigenvalue weighted by Crippen LogP contribution is 2.38. The molecule has 0 radical (unpaired) electrons. The number of carbonyl (C=O) groups is 5. The largest absolute Gasteiger partial charge is 0.456 e. The first-order valence-electron chi connectivity index (χ1n) is 17.1. The molecule has 280 valence electrons. The summed E-state index contributed by atoms with van der Waals surface area (Å²) < 4.78 is 10.6. The number of nitro benzene ring substituents is 1. The lowest BCUT2D eigenvalue weighted by molar-refractivity contribution is -0.384. The Morgan fingerprint density at radius 2 is 1.67 bits per heavy atom. The van der Waals surface area contributed by atoms with Gasteiger partial charge in [0.15, 0.2) is 0 Å². The molecule has 4 amide bonds. The standard InChI is InChI=1S/C36H44ClN5O10/c1-36(2,3)52-35(47)38-20-8-5-9-21-40(51-23-24-10-6-4-7-11-24)30(44)19-18-29(43)39-31-28-17-16-27(37)32(41(28)33(31)45)34(46)50-22-25-12-14-26(15-13-25)42(48)49/h4,6-7,10-15,28,31H,5,8-9,16-23H2,1-3H3,(H,38,47)(H,39,43)/t28-,31+/m1/s1. The van der Waals surface area contributed by atoms with Crippen LogP contribution in [0.5, 0.6) is 0 Å². The summed E-state index contributed by atoms with van der Waals surface area (Å²) in [5.41, 5.74) is 0.579. The number of non-ortho nitro benzene ring substituents is 1. The first-order valence-corrected chi connectivity index (χ1v) is 17.5. The molecule has 0 bridgehead atoms. The number of β-lactam (4-membered cyclic amide) rings is 1. The van der Waals surface area contributed by atoms with Crippen molar-refractivity contribution in [1.29, 1.82) is 0 Å². The summed E-state index contributed by atoms with van der Waals surface area (Å²) in [7, 11) is 0. The van der Waals surface area contributed by atoms with E-state index in [-0.39, 0.29) is 55.4 Å². The van der Waals surface area contributed by atoms with Gasteiger partial charge in [0.25, 0.3) is 11.6 Å². The van der Waals surface area contributed by atoms with Crippen LogP contribution in [0.1, 0.15) is 76.8 Å². The van der Waals surface area contributed by atoms with Gasteiger partial charge >= 0.3 is 12.1 Å². The van der Waals surface area contributed by atoms with Crippen LogP contribution < -0.4 is 10.6 Å². The summed E-state index contributed by atoms with van der Waals surface area (Å²) in [6.07, 6.45) is 1.79. The molecule has 0 spiro atoms. The second-order valence-corrected chi connectivity index (χ2v) is 13.8. The highest BCUT2D eigenvalue weighted by molar-refractivity contribution is 6.32. The third-order valence-corrected chi connectivity index (χ3v) is 8.55. The summed E-state index contributed by atoms with van der Waals surface area (Å²) in [5, 5.41) is 17.7. The van der Waals surface area contributed by atoms with Gasteiger partial charge in [-0.3, -0.25) is 34.2 Å². The van der Waals surface area contributed by atoms with Crippen LogP contribution in [0, 0.1) is 10.1 Å². The molecule has 16 heteroatoms. The minimum atomic E-state index is -0.899. The number of hydroxylamine groups is 2. The Kier molecular flexibility index (Phi) is 14.1. The lowest BCUT2D eigenvalue weighted by atomic mass is 9.86. The molecule has 2 aromatic carbocycles. The van der Waals surface area contributed by atoms with Gasteiger partial charge in [0, 0.05) is 43.1 Å². The number of hydrogen-bond acceptors (Lipinski definition) is 10. The van der Waals surface area contributed by atoms with Crippen LogP contribution in [-0.4, -0.2) is 75.4 Å². The molecule has 2 aromatic rings. The van der Waals surface area contributed by atoms with Crippen molar-refractivity contribution in [2.24, 2.45) is 0 Å². The van der Waals surface area contributed by atoms with Gasteiger partial charge in [-0.15, -0.1) is 0 Å². The third-order valence-electron chi connectivity index (χ3n) is 8.18. The zero-order valence-corrected chi connectivity index (χ0v) is 30.2. The van der Waals surface area contributed by atoms with Crippen LogP contribution in [0.4, 0.5) is 10.5 Å². The number of alkyl carbamates (subject to hydrolysis) is 1. The number of carbonyl (C=O) groups excluding carboxylic acids is 5. The van der Waals surface area contributed by atoms with E-state index in [4.69, 9.17) is 25.9 Å². The number of hydrogen-bond donors (Lipinski definition) is 2. The molecule has 0 aliphatic carbocycles. The molecule has 2 atom stereocenters. The van der Waals surface area contributed by atoms with Crippen molar-refractivity contribution < 1.29 is 43.2 Å². The second-order valence-electron chi connectivity index (χ2n) is 13.4. The molecule has 2 aliphatic rings. The number of esters is 1. The maximum Gasteiger partial charge on any atom is 0.407 e. The number of nitrogens with zero attached hydrogens (tertiary/aromatic N) is 3. The first-order chi connectivity index (χ1) is 24.7. The number of benzene rings is 2. The van der Waals surface area contributed by atoms with Crippen LogP contribution in [-0.2, 0) is 46.7 Å². The molecular formula is C36H44ClN5O10. The molecule has 2 heterocycles. The summed E-state index contributed by atoms with van der Waals surface area (Å²) in [4.78, 5) is 81.5. The van der Waals surface area contributed by atoms with Gasteiger partial charge in [0.05, 0.1) is 11.0 Å². The Bertz CT molecular complexity index is 1640. The van der Waals surface area contributed by atoms with Crippen molar-refractivity contribution in [1.82, 2.24) is 20.6 Å². The van der Waals surface area contributed by atoms with Gasteiger partial charge in [0.1, 0.15) is 30.6 Å². The van der Waals surface area contributed by atoms with Crippen molar-refractivity contribution in [3.63, 3.8) is 0 Å². The number of amides is 4. The van der Waals surface area contributed by atoms with Crippen molar-refractivity contribution >= 4 is 47.1 Å². The molecule has 0 saturated carbocycles. The second kappa shape index (κ2) is 18.5. The maximum absolute atomic E-state index is 13.2. The maximum atomic E-state index is 13.2. The van der Waals surface area contributed by atoms with E-state index in [1.54, 1.807) is 20.8 Å². The summed E-state index contributed by atoms with van der Waals surface area (Å²) in [5.74, 6) is -2.26. The average Bonchev–Trinajstić information content (AvgIpc) is 3.10. The van der Waals surface area contributed by atoms with Crippen LogP contribution >= 0.6 is 11.6 Å². The molecule has 0 unspecified atom stereocenters. The van der Waals surface area contributed by atoms with Crippen LogP contribution in [0.2, 0.25) is 0 Å². The normalized spacial score (nSPS) is 16.7. The molecule has 2 aliphatic heterocycles. The smallest absolute Gasteiger partial charge is 0.407 e. The molecular weight excluding hydrogens is 698 g/mol. The quantitative estimate of drug-likeness (QED) is 0.0734. The number of ether oxygens (including phenoxy) is 2. The summed E-state index contributed by atoms with van der Waals surface area (Å²) >= 11 is 6.35. The fraction of sp³-hybridized carbons (Fsp3) is 0.472. The molecule has 2 N–H and O–H groups in total. The van der Waals surface area contributed by atoms with E-state index in [2.05, 4.69) is 10.6 Å². The fourth-order valence-electron chi connectivity index (χ4n) is 5.58. The molecule has 4 rings (SSSR count). The fourth-order valence-corrected chi connectivity index (χ4v) is 5.86. The number of unbranched alkanes of at least 4 members (excludes halogenated alkanes) is 2. The Morgan fingerprint density at radius 3 is 2.35 bits per heavy atom. The van der Waals surface area contributed by atoms with Gasteiger partial charge in [-0.2, -0.15) is 0 Å². The number of rotatable bonds is 17. The van der Waals surface area contributed by atoms with Crippen molar-refractivity contribution in [2.45, 2.75) is 96.6 Å². The van der Waals surface area contributed by atoms with Gasteiger partial charge in [-0.1, -0.05) is 41.9 Å². The zero-order chi connectivity index (χ0) is 37.8. The summed E-state index contributed by atoms with van der Waals surface area (Å²) in [6, 6.07) is 13.4. The van der Waals surface area contributed by atoms with Crippen molar-refractivity contribution in [3.05, 3.63) is 86.6 Å². The lowest BCUT2D eigenvalue weighted by Crippen LogP contribution is -2.71. The summed E-state index contributed by atoms with van der Waals surface area (Å²) in [6.45, 7) is 6.01. The van der Waals surface area contributed by atoms with E-state index in [9.17, 15) is 34.1 Å². The monoisotopic (exact) mass is 741 g/mol. The van der Waals surface area contributed by atoms with Gasteiger partial charge in [0.2, 0.25) is 11.8 Å². The first kappa shape index (κ1) is 39.8. The highest BCUT2D eigenvalue weighted by Gasteiger charge is 2.53. The van der Waals surface area contributed by atoms with Crippen LogP contribution in [0.15, 0.2) is 65.3 Å². The molecule has 0 aromatic heterocycles. The number of halogens is 1. The van der Waals surface area contributed by atoms with E-state index in [0.29, 0.717) is 37.8 Å². The Morgan fingerprint density at radius 1 is 0.981 bits per heavy atom. The molecule has 1 fully saturated rings. The highest BCUT2D eigenvalue weighted by atomic mass is 35.5. The van der Waals surface area contributed by atoms with Gasteiger partial charge in [-0.05, 0) is 76.1 Å². The number of nitrogens with one attached hydrogen (secondary N) is 2. The Balaban J connectivity index is 1.24. The zero-order valence-electron chi connectivity index (χ0n) is 29.4. The molecule has 1 saturated heterocycles. The topological polar surface area (TPSA) is 187 Å². The Labute approximate surface area is 306 Å². The Hall–Kier alpha value is -5.02. The van der Waals surface area contributed by atoms with Crippen LogP contribution in [0.3, 0.4) is 0 Å². The minimum Gasteiger partial charge on any atom is -0.456 e. The van der Waals surface area contributed by atoms with Gasteiger partial charge < -0.3 is 20.1 Å². The van der Waals surface area contributed by atoms with E-state index >= 15 is 0 Å². The molecule has 52 heavy (non-hydrogen) atoms. The van der Waals surface area contributed by atoms with E-state index < -0.39 is 52.4 Å².